The normalized spacial score (nSPS) is 17.9. The van der Waals surface area contributed by atoms with Gasteiger partial charge in [0.2, 0.25) is 6.08 Å². The van der Waals surface area contributed by atoms with Crippen LogP contribution in [0.3, 0.4) is 0 Å². The number of carbonyl (C=O) groups excluding carboxylic acids is 1. The van der Waals surface area contributed by atoms with Gasteiger partial charge >= 0.3 is 0 Å². The Labute approximate surface area is 75.5 Å². The van der Waals surface area contributed by atoms with Crippen LogP contribution in [-0.2, 0) is 16.9 Å². The van der Waals surface area contributed by atoms with Crippen LogP contribution < -0.4 is 0 Å². The van der Waals surface area contributed by atoms with Crippen molar-refractivity contribution in [2.45, 2.75) is 31.8 Å². The van der Waals surface area contributed by atoms with Crippen molar-refractivity contribution >= 4 is 6.08 Å². The van der Waals surface area contributed by atoms with Crippen molar-refractivity contribution in [1.29, 1.82) is 0 Å². The molecule has 1 aliphatic carbocycles. The Morgan fingerprint density at radius 2 is 2.54 bits per heavy atom. The molecule has 0 amide bonds. The first-order chi connectivity index (χ1) is 6.32. The Balaban J connectivity index is 2.39. The standard InChI is InChI=1S/C8H10N4O/c1-2-12-7(9-5-11-12)8(3-4-8)10-6-13/h5H,2-4H2,1H3. The molecule has 2 rings (SSSR count). The molecular formula is C8H10N4O. The number of isocyanates is 1. The number of hydrogen-bond acceptors (Lipinski definition) is 4. The second-order valence-corrected chi connectivity index (χ2v) is 3.13. The van der Waals surface area contributed by atoms with Crippen LogP contribution in [0.2, 0.25) is 0 Å². The maximum absolute atomic E-state index is 10.2. The zero-order valence-electron chi connectivity index (χ0n) is 7.40. The van der Waals surface area contributed by atoms with Crippen molar-refractivity contribution in [2.75, 3.05) is 0 Å². The first-order valence-corrected chi connectivity index (χ1v) is 4.30. The maximum atomic E-state index is 10.2. The minimum Gasteiger partial charge on any atom is -0.248 e. The summed E-state index contributed by atoms with van der Waals surface area (Å²) in [6.07, 6.45) is 4.86. The summed E-state index contributed by atoms with van der Waals surface area (Å²) in [6.45, 7) is 2.74. The highest BCUT2D eigenvalue weighted by Gasteiger charge is 2.48. The highest BCUT2D eigenvalue weighted by molar-refractivity contribution is 5.38. The van der Waals surface area contributed by atoms with E-state index in [-0.39, 0.29) is 0 Å². The fourth-order valence-corrected chi connectivity index (χ4v) is 1.45. The minimum absolute atomic E-state index is 0.395. The van der Waals surface area contributed by atoms with E-state index in [4.69, 9.17) is 0 Å². The molecule has 0 N–H and O–H groups in total. The number of nitrogens with zero attached hydrogens (tertiary/aromatic N) is 4. The Kier molecular flexibility index (Phi) is 1.74. The third kappa shape index (κ3) is 1.17. The van der Waals surface area contributed by atoms with Crippen LogP contribution in [0.15, 0.2) is 11.3 Å². The average molecular weight is 178 g/mol. The fourth-order valence-electron chi connectivity index (χ4n) is 1.45. The maximum Gasteiger partial charge on any atom is 0.235 e. The molecule has 5 heteroatoms. The zero-order valence-corrected chi connectivity index (χ0v) is 7.40. The summed E-state index contributed by atoms with van der Waals surface area (Å²) in [5.41, 5.74) is -0.395. The molecule has 1 fully saturated rings. The molecule has 1 saturated carbocycles. The van der Waals surface area contributed by atoms with E-state index in [2.05, 4.69) is 15.1 Å². The number of rotatable bonds is 3. The van der Waals surface area contributed by atoms with Gasteiger partial charge in [0, 0.05) is 6.54 Å². The second-order valence-electron chi connectivity index (χ2n) is 3.13. The molecule has 1 heterocycles. The van der Waals surface area contributed by atoms with Gasteiger partial charge in [-0.3, -0.25) is 0 Å². The molecular weight excluding hydrogens is 168 g/mol. The van der Waals surface area contributed by atoms with E-state index >= 15 is 0 Å². The van der Waals surface area contributed by atoms with Crippen LogP contribution in [0, 0.1) is 0 Å². The Bertz CT molecular complexity index is 360. The lowest BCUT2D eigenvalue weighted by Gasteiger charge is -2.07. The van der Waals surface area contributed by atoms with Crippen LogP contribution in [0.1, 0.15) is 25.6 Å². The van der Waals surface area contributed by atoms with E-state index < -0.39 is 5.54 Å². The summed E-state index contributed by atoms with van der Waals surface area (Å²) < 4.78 is 1.77. The largest absolute Gasteiger partial charge is 0.248 e. The van der Waals surface area contributed by atoms with E-state index in [9.17, 15) is 4.79 Å². The lowest BCUT2D eigenvalue weighted by Crippen LogP contribution is -2.13. The van der Waals surface area contributed by atoms with E-state index in [1.54, 1.807) is 10.8 Å². The molecule has 0 saturated heterocycles. The van der Waals surface area contributed by atoms with E-state index in [0.29, 0.717) is 0 Å². The molecule has 0 aromatic carbocycles. The van der Waals surface area contributed by atoms with Gasteiger partial charge in [-0.1, -0.05) is 0 Å². The van der Waals surface area contributed by atoms with Gasteiger partial charge in [0.1, 0.15) is 11.9 Å². The van der Waals surface area contributed by atoms with Gasteiger partial charge < -0.3 is 0 Å². The van der Waals surface area contributed by atoms with E-state index in [1.807, 2.05) is 6.92 Å². The third-order valence-corrected chi connectivity index (χ3v) is 2.31. The minimum atomic E-state index is -0.395. The molecule has 0 bridgehead atoms. The summed E-state index contributed by atoms with van der Waals surface area (Å²) in [7, 11) is 0. The van der Waals surface area contributed by atoms with E-state index in [1.165, 1.54) is 6.33 Å². The van der Waals surface area contributed by atoms with Gasteiger partial charge in [0.05, 0.1) is 0 Å². The van der Waals surface area contributed by atoms with Crippen molar-refractivity contribution < 1.29 is 4.79 Å². The van der Waals surface area contributed by atoms with Gasteiger partial charge in [-0.2, -0.15) is 10.1 Å². The molecule has 0 aliphatic heterocycles. The fraction of sp³-hybridized carbons (Fsp3) is 0.625. The Morgan fingerprint density at radius 3 is 3.08 bits per heavy atom. The Hall–Kier alpha value is -1.48. The summed E-state index contributed by atoms with van der Waals surface area (Å²) in [6, 6.07) is 0. The van der Waals surface area contributed by atoms with Crippen LogP contribution in [0.25, 0.3) is 0 Å². The predicted molar refractivity (Wildman–Crippen MR) is 44.7 cm³/mol. The topological polar surface area (TPSA) is 60.1 Å². The van der Waals surface area contributed by atoms with Crippen molar-refractivity contribution in [3.8, 4) is 0 Å². The summed E-state index contributed by atoms with van der Waals surface area (Å²) >= 11 is 0. The van der Waals surface area contributed by atoms with Gasteiger partial charge in [0.25, 0.3) is 0 Å². The second kappa shape index (κ2) is 2.78. The first kappa shape index (κ1) is 8.13. The van der Waals surface area contributed by atoms with Crippen LogP contribution in [0.5, 0.6) is 0 Å². The number of aryl methyl sites for hydroxylation is 1. The lowest BCUT2D eigenvalue weighted by molar-refractivity contribution is 0.532. The van der Waals surface area contributed by atoms with Crippen molar-refractivity contribution in [3.63, 3.8) is 0 Å². The predicted octanol–water partition coefficient (Wildman–Crippen LogP) is 0.623. The molecule has 0 unspecified atom stereocenters. The molecule has 68 valence electrons. The van der Waals surface area contributed by atoms with E-state index in [0.717, 1.165) is 25.2 Å². The highest BCUT2D eigenvalue weighted by Crippen LogP contribution is 2.48. The average Bonchev–Trinajstić information content (AvgIpc) is 2.77. The number of aliphatic imine (C=N–C) groups is 1. The molecule has 5 nitrogen and oxygen atoms in total. The molecule has 1 aromatic rings. The molecule has 0 radical (unpaired) electrons. The van der Waals surface area contributed by atoms with Gasteiger partial charge in [-0.05, 0) is 19.8 Å². The SMILES string of the molecule is CCn1ncnc1C1(N=C=O)CC1. The third-order valence-electron chi connectivity index (χ3n) is 2.31. The first-order valence-electron chi connectivity index (χ1n) is 4.30. The number of aromatic nitrogens is 3. The molecule has 13 heavy (non-hydrogen) atoms. The van der Waals surface area contributed by atoms with Crippen LogP contribution in [-0.4, -0.2) is 20.8 Å². The molecule has 0 spiro atoms. The van der Waals surface area contributed by atoms with Crippen molar-refractivity contribution in [2.24, 2.45) is 4.99 Å². The van der Waals surface area contributed by atoms with Gasteiger partial charge in [-0.15, -0.1) is 0 Å². The smallest absolute Gasteiger partial charge is 0.235 e. The quantitative estimate of drug-likeness (QED) is 0.503. The van der Waals surface area contributed by atoms with Gasteiger partial charge in [0.15, 0.2) is 5.82 Å². The van der Waals surface area contributed by atoms with Crippen LogP contribution in [0.4, 0.5) is 0 Å². The van der Waals surface area contributed by atoms with Crippen molar-refractivity contribution in [3.05, 3.63) is 12.2 Å². The van der Waals surface area contributed by atoms with Crippen LogP contribution >= 0.6 is 0 Å². The molecule has 1 aliphatic rings. The Morgan fingerprint density at radius 1 is 1.77 bits per heavy atom. The zero-order chi connectivity index (χ0) is 9.31. The summed E-state index contributed by atoms with van der Waals surface area (Å²) in [4.78, 5) is 18.1. The number of hydrogen-bond donors (Lipinski definition) is 0. The van der Waals surface area contributed by atoms with Crippen molar-refractivity contribution in [1.82, 2.24) is 14.8 Å². The summed E-state index contributed by atoms with van der Waals surface area (Å²) in [5.74, 6) is 0.790. The monoisotopic (exact) mass is 178 g/mol. The summed E-state index contributed by atoms with van der Waals surface area (Å²) in [5, 5.41) is 4.04. The molecule has 1 aromatic heterocycles. The lowest BCUT2D eigenvalue weighted by atomic mass is 10.2. The molecule has 0 atom stereocenters. The highest BCUT2D eigenvalue weighted by atomic mass is 16.1. The van der Waals surface area contributed by atoms with Gasteiger partial charge in [-0.25, -0.2) is 14.5 Å².